The lowest BCUT2D eigenvalue weighted by Crippen LogP contribution is -2.21. The molecule has 1 aliphatic rings. The van der Waals surface area contributed by atoms with Crippen molar-refractivity contribution in [1.82, 2.24) is 5.32 Å². The van der Waals surface area contributed by atoms with Gasteiger partial charge in [-0.25, -0.2) is 0 Å². The van der Waals surface area contributed by atoms with Gasteiger partial charge in [0, 0.05) is 12.6 Å². The van der Waals surface area contributed by atoms with Crippen molar-refractivity contribution >= 4 is 0 Å². The lowest BCUT2D eigenvalue weighted by molar-refractivity contribution is 0.0536. The smallest absolute Gasteiger partial charge is 0.119 e. The van der Waals surface area contributed by atoms with Crippen molar-refractivity contribution in [2.45, 2.75) is 31.5 Å². The fourth-order valence-corrected chi connectivity index (χ4v) is 1.54. The van der Waals surface area contributed by atoms with Gasteiger partial charge in [0.05, 0.1) is 6.61 Å². The van der Waals surface area contributed by atoms with Crippen molar-refractivity contribution in [2.75, 3.05) is 13.2 Å². The van der Waals surface area contributed by atoms with Crippen LogP contribution in [0.3, 0.4) is 0 Å². The second-order valence-electron chi connectivity index (χ2n) is 4.45. The van der Waals surface area contributed by atoms with Crippen LogP contribution in [-0.4, -0.2) is 35.6 Å². The van der Waals surface area contributed by atoms with E-state index in [0.717, 1.165) is 12.3 Å². The summed E-state index contributed by atoms with van der Waals surface area (Å²) in [5, 5.41) is 21.3. The van der Waals surface area contributed by atoms with E-state index in [0.29, 0.717) is 6.04 Å². The van der Waals surface area contributed by atoms with Crippen LogP contribution in [0.4, 0.5) is 0 Å². The second kappa shape index (κ2) is 6.00. The van der Waals surface area contributed by atoms with Crippen molar-refractivity contribution in [1.29, 1.82) is 0 Å². The number of hydrogen-bond acceptors (Lipinski definition) is 4. The van der Waals surface area contributed by atoms with Crippen molar-refractivity contribution < 1.29 is 14.9 Å². The fourth-order valence-electron chi connectivity index (χ4n) is 1.54. The highest BCUT2D eigenvalue weighted by Gasteiger charge is 2.19. The van der Waals surface area contributed by atoms with Gasteiger partial charge in [0.15, 0.2) is 0 Å². The van der Waals surface area contributed by atoms with E-state index in [4.69, 9.17) is 9.84 Å². The van der Waals surface area contributed by atoms with Crippen LogP contribution < -0.4 is 10.1 Å². The zero-order chi connectivity index (χ0) is 12.1. The third kappa shape index (κ3) is 4.34. The van der Waals surface area contributed by atoms with Gasteiger partial charge < -0.3 is 20.3 Å². The molecule has 0 bridgehead atoms. The Balaban J connectivity index is 1.82. The fraction of sp³-hybridized carbons (Fsp3) is 0.538. The van der Waals surface area contributed by atoms with Crippen molar-refractivity contribution in [3.63, 3.8) is 0 Å². The van der Waals surface area contributed by atoms with E-state index >= 15 is 0 Å². The van der Waals surface area contributed by atoms with Crippen LogP contribution in [0.2, 0.25) is 0 Å². The Kier molecular flexibility index (Phi) is 4.36. The van der Waals surface area contributed by atoms with Crippen LogP contribution in [0.1, 0.15) is 18.4 Å². The van der Waals surface area contributed by atoms with Gasteiger partial charge in [0.2, 0.25) is 0 Å². The van der Waals surface area contributed by atoms with E-state index in [1.54, 1.807) is 0 Å². The molecule has 2 rings (SSSR count). The maximum Gasteiger partial charge on any atom is 0.119 e. The van der Waals surface area contributed by atoms with Crippen molar-refractivity contribution in [2.24, 2.45) is 0 Å². The second-order valence-corrected chi connectivity index (χ2v) is 4.45. The molecule has 0 radical (unpaired) electrons. The number of ether oxygens (including phenoxy) is 1. The number of nitrogens with one attached hydrogen (secondary N) is 1. The van der Waals surface area contributed by atoms with E-state index < -0.39 is 6.10 Å². The van der Waals surface area contributed by atoms with Crippen LogP contribution in [0.25, 0.3) is 0 Å². The minimum Gasteiger partial charge on any atom is -0.491 e. The van der Waals surface area contributed by atoms with Crippen LogP contribution >= 0.6 is 0 Å². The van der Waals surface area contributed by atoms with E-state index in [9.17, 15) is 5.11 Å². The van der Waals surface area contributed by atoms with Crippen LogP contribution in [0.5, 0.6) is 5.75 Å². The molecule has 0 aliphatic heterocycles. The minimum absolute atomic E-state index is 0.121. The highest BCUT2D eigenvalue weighted by molar-refractivity contribution is 5.28. The van der Waals surface area contributed by atoms with Gasteiger partial charge in [0.1, 0.15) is 18.5 Å². The molecule has 3 N–H and O–H groups in total. The first-order valence-corrected chi connectivity index (χ1v) is 6.02. The molecular formula is C13H19NO3. The highest BCUT2D eigenvalue weighted by Crippen LogP contribution is 2.20. The molecule has 1 aromatic rings. The van der Waals surface area contributed by atoms with Crippen molar-refractivity contribution in [3.05, 3.63) is 29.8 Å². The molecule has 1 atom stereocenters. The standard InChI is InChI=1S/C13H19NO3/c15-8-12(16)9-17-13-3-1-2-10(6-13)7-14-11-4-5-11/h1-3,6,11-12,14-16H,4-5,7-9H2. The van der Waals surface area contributed by atoms with Crippen LogP contribution in [-0.2, 0) is 6.54 Å². The predicted octanol–water partition coefficient (Wildman–Crippen LogP) is 0.671. The Morgan fingerprint density at radius 3 is 2.94 bits per heavy atom. The zero-order valence-electron chi connectivity index (χ0n) is 9.80. The molecule has 1 fully saturated rings. The quantitative estimate of drug-likeness (QED) is 0.652. The molecule has 4 nitrogen and oxygen atoms in total. The summed E-state index contributed by atoms with van der Waals surface area (Å²) in [6.07, 6.45) is 1.74. The van der Waals surface area contributed by atoms with Gasteiger partial charge in [0.25, 0.3) is 0 Å². The molecule has 1 unspecified atom stereocenters. The molecule has 0 saturated heterocycles. The number of aliphatic hydroxyl groups excluding tert-OH is 2. The molecule has 4 heteroatoms. The summed E-state index contributed by atoms with van der Waals surface area (Å²) in [7, 11) is 0. The SMILES string of the molecule is OCC(O)COc1cccc(CNC2CC2)c1. The summed E-state index contributed by atoms with van der Waals surface area (Å²) in [5.41, 5.74) is 1.17. The number of benzene rings is 1. The Morgan fingerprint density at radius 1 is 1.41 bits per heavy atom. The zero-order valence-corrected chi connectivity index (χ0v) is 9.80. The van der Waals surface area contributed by atoms with E-state index in [2.05, 4.69) is 5.32 Å². The first-order valence-electron chi connectivity index (χ1n) is 6.02. The molecule has 0 aromatic heterocycles. The molecule has 17 heavy (non-hydrogen) atoms. The molecule has 1 aliphatic carbocycles. The Bertz CT molecular complexity index is 352. The van der Waals surface area contributed by atoms with Gasteiger partial charge in [-0.1, -0.05) is 12.1 Å². The van der Waals surface area contributed by atoms with E-state index in [-0.39, 0.29) is 13.2 Å². The molecule has 0 amide bonds. The molecular weight excluding hydrogens is 218 g/mol. The molecule has 0 heterocycles. The average Bonchev–Trinajstić information content (AvgIpc) is 3.18. The summed E-state index contributed by atoms with van der Waals surface area (Å²) in [5.74, 6) is 0.729. The first-order chi connectivity index (χ1) is 8.28. The van der Waals surface area contributed by atoms with Crippen LogP contribution in [0, 0.1) is 0 Å². The Hall–Kier alpha value is -1.10. The molecule has 1 aromatic carbocycles. The van der Waals surface area contributed by atoms with Gasteiger partial charge in [-0.2, -0.15) is 0 Å². The largest absolute Gasteiger partial charge is 0.491 e. The Labute approximate surface area is 101 Å². The maximum atomic E-state index is 9.19. The number of hydrogen-bond donors (Lipinski definition) is 3. The van der Waals surface area contributed by atoms with Gasteiger partial charge in [-0.05, 0) is 30.5 Å². The molecule has 0 spiro atoms. The van der Waals surface area contributed by atoms with Crippen molar-refractivity contribution in [3.8, 4) is 5.75 Å². The lowest BCUT2D eigenvalue weighted by Gasteiger charge is -2.11. The van der Waals surface area contributed by atoms with E-state index in [1.165, 1.54) is 18.4 Å². The summed E-state index contributed by atoms with van der Waals surface area (Å²) in [4.78, 5) is 0. The number of rotatable bonds is 7. The summed E-state index contributed by atoms with van der Waals surface area (Å²) in [6, 6.07) is 8.48. The van der Waals surface area contributed by atoms with Gasteiger partial charge >= 0.3 is 0 Å². The summed E-state index contributed by atoms with van der Waals surface area (Å²) >= 11 is 0. The van der Waals surface area contributed by atoms with Gasteiger partial charge in [-0.15, -0.1) is 0 Å². The first kappa shape index (κ1) is 12.4. The predicted molar refractivity (Wildman–Crippen MR) is 64.9 cm³/mol. The maximum absolute atomic E-state index is 9.19. The number of aliphatic hydroxyl groups is 2. The molecule has 1 saturated carbocycles. The third-order valence-corrected chi connectivity index (χ3v) is 2.72. The summed E-state index contributed by atoms with van der Waals surface area (Å²) in [6.45, 7) is 0.698. The Morgan fingerprint density at radius 2 is 2.24 bits per heavy atom. The molecule has 94 valence electrons. The topological polar surface area (TPSA) is 61.7 Å². The minimum atomic E-state index is -0.816. The third-order valence-electron chi connectivity index (χ3n) is 2.72. The summed E-state index contributed by atoms with van der Waals surface area (Å²) < 4.78 is 5.38. The monoisotopic (exact) mass is 237 g/mol. The van der Waals surface area contributed by atoms with Gasteiger partial charge in [-0.3, -0.25) is 0 Å². The highest BCUT2D eigenvalue weighted by atomic mass is 16.5. The van der Waals surface area contributed by atoms with Crippen LogP contribution in [0.15, 0.2) is 24.3 Å². The normalized spacial score (nSPS) is 16.8. The van der Waals surface area contributed by atoms with E-state index in [1.807, 2.05) is 24.3 Å². The lowest BCUT2D eigenvalue weighted by atomic mass is 10.2. The average molecular weight is 237 g/mol.